The lowest BCUT2D eigenvalue weighted by Crippen LogP contribution is -2.45. The Morgan fingerprint density at radius 2 is 1.68 bits per heavy atom. The van der Waals surface area contributed by atoms with Gasteiger partial charge in [0, 0.05) is 37.4 Å². The van der Waals surface area contributed by atoms with Crippen LogP contribution in [0.4, 0.5) is 10.5 Å². The average molecular weight is 531 g/mol. The number of carbonyl (C=O) groups excluding carboxylic acids is 3. The van der Waals surface area contributed by atoms with E-state index in [-0.39, 0.29) is 29.4 Å². The van der Waals surface area contributed by atoms with Crippen LogP contribution in [0, 0.1) is 0 Å². The minimum atomic E-state index is -0.860. The Kier molecular flexibility index (Phi) is 9.40. The van der Waals surface area contributed by atoms with Gasteiger partial charge in [-0.25, -0.2) is 9.79 Å². The molecule has 1 unspecified atom stereocenters. The number of nitrogens with two attached hydrogens (primary N) is 3. The lowest BCUT2D eigenvalue weighted by Gasteiger charge is -2.32. The van der Waals surface area contributed by atoms with Gasteiger partial charge in [-0.05, 0) is 57.9 Å². The predicted octanol–water partition coefficient (Wildman–Crippen LogP) is 0.488. The summed E-state index contributed by atoms with van der Waals surface area (Å²) in [5.41, 5.74) is 17.6. The number of guanidine groups is 1. The van der Waals surface area contributed by atoms with E-state index in [4.69, 9.17) is 26.7 Å². The number of anilines is 1. The van der Waals surface area contributed by atoms with Crippen molar-refractivity contribution in [2.45, 2.75) is 45.3 Å². The zero-order valence-corrected chi connectivity index (χ0v) is 22.2. The molecule has 0 spiro atoms. The van der Waals surface area contributed by atoms with Crippen molar-refractivity contribution in [3.8, 4) is 0 Å². The zero-order valence-electron chi connectivity index (χ0n) is 22.2. The van der Waals surface area contributed by atoms with Gasteiger partial charge in [0.15, 0.2) is 5.96 Å². The number of morpholine rings is 1. The second-order valence-electron chi connectivity index (χ2n) is 10.1. The van der Waals surface area contributed by atoms with Crippen LogP contribution in [-0.2, 0) is 14.3 Å². The topological polar surface area (TPSA) is 191 Å². The van der Waals surface area contributed by atoms with Crippen LogP contribution >= 0.6 is 0 Å². The number of nitrogens with zero attached hydrogens (tertiary/aromatic N) is 3. The highest BCUT2D eigenvalue weighted by molar-refractivity contribution is 5.95. The number of primary amides is 1. The van der Waals surface area contributed by atoms with Crippen LogP contribution in [0.25, 0.3) is 0 Å². The van der Waals surface area contributed by atoms with Crippen molar-refractivity contribution in [2.75, 3.05) is 44.7 Å². The first-order valence-corrected chi connectivity index (χ1v) is 12.5. The maximum Gasteiger partial charge on any atom is 0.410 e. The maximum absolute atomic E-state index is 12.7. The fraction of sp³-hybridized carbons (Fsp3) is 0.520. The van der Waals surface area contributed by atoms with E-state index in [0.29, 0.717) is 50.6 Å². The standard InChI is InChI=1S/C25H38N8O5/c1-25(2,3)38-24(36)33-10-4-5-18(15-33)30-23(28)31-21(19(26)20(27)34)29-17-8-6-16(7-9-17)22(35)32-11-13-37-14-12-32/h6-9,18,29H,4-5,10-15,26H2,1-3H3,(H2,27,34)(H3,28,30,31)/b21-19-. The van der Waals surface area contributed by atoms with Gasteiger partial charge in [-0.15, -0.1) is 0 Å². The third-order valence-electron chi connectivity index (χ3n) is 5.86. The second-order valence-corrected chi connectivity index (χ2v) is 10.1. The van der Waals surface area contributed by atoms with Gasteiger partial charge in [-0.3, -0.25) is 9.59 Å². The lowest BCUT2D eigenvalue weighted by atomic mass is 10.1. The van der Waals surface area contributed by atoms with Gasteiger partial charge in [-0.1, -0.05) is 0 Å². The minimum absolute atomic E-state index is 0.00754. The smallest absolute Gasteiger partial charge is 0.410 e. The van der Waals surface area contributed by atoms with Crippen LogP contribution in [-0.4, -0.2) is 84.7 Å². The van der Waals surface area contributed by atoms with E-state index >= 15 is 0 Å². The molecule has 13 heteroatoms. The molecule has 1 atom stereocenters. The van der Waals surface area contributed by atoms with Crippen molar-refractivity contribution >= 4 is 29.6 Å². The summed E-state index contributed by atoms with van der Waals surface area (Å²) in [5, 5.41) is 5.79. The summed E-state index contributed by atoms with van der Waals surface area (Å²) in [6, 6.07) is 6.42. The second kappa shape index (κ2) is 12.5. The molecule has 0 aliphatic carbocycles. The number of rotatable bonds is 6. The van der Waals surface area contributed by atoms with E-state index in [9.17, 15) is 14.4 Å². The van der Waals surface area contributed by atoms with Gasteiger partial charge in [-0.2, -0.15) is 0 Å². The summed E-state index contributed by atoms with van der Waals surface area (Å²) in [4.78, 5) is 44.7. The fourth-order valence-electron chi connectivity index (χ4n) is 3.99. The number of hydrogen-bond donors (Lipinski definition) is 5. The molecule has 208 valence electrons. The van der Waals surface area contributed by atoms with Crippen molar-refractivity contribution < 1.29 is 23.9 Å². The number of benzene rings is 1. The van der Waals surface area contributed by atoms with Crippen LogP contribution < -0.4 is 27.8 Å². The number of hydrogen-bond acceptors (Lipinski definition) is 8. The van der Waals surface area contributed by atoms with Crippen molar-refractivity contribution in [1.29, 1.82) is 0 Å². The SMILES string of the molecule is CC(C)(C)OC(=O)N1CCCC(N=C(N)N/C(Nc2ccc(C(=O)N3CCOCC3)cc2)=C(\N)C(N)=O)C1. The molecule has 0 bridgehead atoms. The first-order chi connectivity index (χ1) is 17.9. The van der Waals surface area contributed by atoms with E-state index in [2.05, 4.69) is 15.6 Å². The van der Waals surface area contributed by atoms with Crippen LogP contribution in [0.3, 0.4) is 0 Å². The third-order valence-corrected chi connectivity index (χ3v) is 5.86. The zero-order chi connectivity index (χ0) is 27.9. The highest BCUT2D eigenvalue weighted by atomic mass is 16.6. The summed E-state index contributed by atoms with van der Waals surface area (Å²) in [5.74, 6) is -0.909. The molecule has 0 aromatic heterocycles. The van der Waals surface area contributed by atoms with E-state index in [1.54, 1.807) is 34.1 Å². The average Bonchev–Trinajstić information content (AvgIpc) is 2.87. The number of piperidine rings is 1. The van der Waals surface area contributed by atoms with Crippen molar-refractivity contribution in [2.24, 2.45) is 22.2 Å². The number of nitrogens with one attached hydrogen (secondary N) is 2. The molecule has 2 fully saturated rings. The largest absolute Gasteiger partial charge is 0.444 e. The Morgan fingerprint density at radius 1 is 1.03 bits per heavy atom. The first kappa shape index (κ1) is 28.6. The number of carbonyl (C=O) groups is 3. The van der Waals surface area contributed by atoms with E-state index in [0.717, 1.165) is 12.8 Å². The van der Waals surface area contributed by atoms with E-state index in [1.807, 2.05) is 20.8 Å². The Bertz CT molecular complexity index is 1070. The molecule has 1 aromatic carbocycles. The monoisotopic (exact) mass is 530 g/mol. The molecule has 2 heterocycles. The molecular weight excluding hydrogens is 492 g/mol. The molecule has 0 radical (unpaired) electrons. The molecule has 3 amide bonds. The normalized spacial score (nSPS) is 19.3. The Hall–Kier alpha value is -4.00. The van der Waals surface area contributed by atoms with E-state index < -0.39 is 17.6 Å². The van der Waals surface area contributed by atoms with Crippen molar-refractivity contribution in [1.82, 2.24) is 15.1 Å². The van der Waals surface area contributed by atoms with Crippen LogP contribution in [0.2, 0.25) is 0 Å². The van der Waals surface area contributed by atoms with E-state index in [1.165, 1.54) is 0 Å². The highest BCUT2D eigenvalue weighted by Crippen LogP contribution is 2.18. The van der Waals surface area contributed by atoms with Gasteiger partial charge >= 0.3 is 6.09 Å². The fourth-order valence-corrected chi connectivity index (χ4v) is 3.99. The summed E-state index contributed by atoms with van der Waals surface area (Å²) < 4.78 is 10.7. The van der Waals surface area contributed by atoms with Crippen LogP contribution in [0.5, 0.6) is 0 Å². The molecule has 13 nitrogen and oxygen atoms in total. The molecule has 0 saturated carbocycles. The number of amides is 3. The summed E-state index contributed by atoms with van der Waals surface area (Å²) >= 11 is 0. The van der Waals surface area contributed by atoms with Gasteiger partial charge in [0.25, 0.3) is 11.8 Å². The molecule has 38 heavy (non-hydrogen) atoms. The molecule has 1 aromatic rings. The number of likely N-dealkylation sites (tertiary alicyclic amines) is 1. The van der Waals surface area contributed by atoms with Gasteiger partial charge < -0.3 is 47.1 Å². The first-order valence-electron chi connectivity index (χ1n) is 12.5. The maximum atomic E-state index is 12.7. The molecule has 8 N–H and O–H groups in total. The quantitative estimate of drug-likeness (QED) is 0.198. The lowest BCUT2D eigenvalue weighted by molar-refractivity contribution is -0.114. The Labute approximate surface area is 222 Å². The highest BCUT2D eigenvalue weighted by Gasteiger charge is 2.28. The summed E-state index contributed by atoms with van der Waals surface area (Å²) in [6.07, 6.45) is 1.05. The number of ether oxygens (including phenoxy) is 2. The molecule has 2 aliphatic rings. The van der Waals surface area contributed by atoms with Crippen LogP contribution in [0.1, 0.15) is 44.0 Å². The van der Waals surface area contributed by atoms with Crippen molar-refractivity contribution in [3.05, 3.63) is 41.3 Å². The Morgan fingerprint density at radius 3 is 2.29 bits per heavy atom. The van der Waals surface area contributed by atoms with Crippen LogP contribution in [0.15, 0.2) is 40.8 Å². The third kappa shape index (κ3) is 8.26. The molecule has 3 rings (SSSR count). The summed E-state index contributed by atoms with van der Waals surface area (Å²) in [6.45, 7) is 8.46. The minimum Gasteiger partial charge on any atom is -0.444 e. The summed E-state index contributed by atoms with van der Waals surface area (Å²) in [7, 11) is 0. The molecular formula is C25H38N8O5. The predicted molar refractivity (Wildman–Crippen MR) is 143 cm³/mol. The molecule has 2 aliphatic heterocycles. The Balaban J connectivity index is 1.67. The van der Waals surface area contributed by atoms with Crippen molar-refractivity contribution in [3.63, 3.8) is 0 Å². The van der Waals surface area contributed by atoms with Gasteiger partial charge in [0.1, 0.15) is 17.1 Å². The van der Waals surface area contributed by atoms with Gasteiger partial charge in [0.05, 0.1) is 19.3 Å². The number of aliphatic imine (C=N–C) groups is 1. The molecule has 2 saturated heterocycles. The van der Waals surface area contributed by atoms with Gasteiger partial charge in [0.2, 0.25) is 0 Å².